The maximum absolute atomic E-state index is 13.1. The number of nitrogens with zero attached hydrogens (tertiary/aromatic N) is 3. The summed E-state index contributed by atoms with van der Waals surface area (Å²) in [5, 5.41) is 2.08. The van der Waals surface area contributed by atoms with Crippen LogP contribution in [0.2, 0.25) is 0 Å². The van der Waals surface area contributed by atoms with Gasteiger partial charge >= 0.3 is 0 Å². The molecule has 1 fully saturated rings. The number of rotatable bonds is 7. The van der Waals surface area contributed by atoms with Crippen molar-refractivity contribution in [3.05, 3.63) is 77.9 Å². The van der Waals surface area contributed by atoms with E-state index in [2.05, 4.69) is 9.78 Å². The quantitative estimate of drug-likeness (QED) is 0.441. The highest BCUT2D eigenvalue weighted by Crippen LogP contribution is 2.32. The SMILES string of the molecule is O=S(=O)(c1ccccc1)N(CCc1csc2nc(-c3ccccc3)cn12)C1CC1. The van der Waals surface area contributed by atoms with Gasteiger partial charge in [0, 0.05) is 41.8 Å². The van der Waals surface area contributed by atoms with Crippen LogP contribution in [0.5, 0.6) is 0 Å². The summed E-state index contributed by atoms with van der Waals surface area (Å²) in [4.78, 5) is 6.03. The Morgan fingerprint density at radius 1 is 1.03 bits per heavy atom. The van der Waals surface area contributed by atoms with Gasteiger partial charge in [-0.1, -0.05) is 48.5 Å². The third-order valence-electron chi connectivity index (χ3n) is 5.25. The predicted molar refractivity (Wildman–Crippen MR) is 116 cm³/mol. The van der Waals surface area contributed by atoms with Crippen molar-refractivity contribution >= 4 is 26.3 Å². The van der Waals surface area contributed by atoms with E-state index >= 15 is 0 Å². The van der Waals surface area contributed by atoms with E-state index in [1.54, 1.807) is 39.9 Å². The lowest BCUT2D eigenvalue weighted by atomic mass is 10.2. The molecule has 5 rings (SSSR count). The molecule has 7 heteroatoms. The Hall–Kier alpha value is -2.48. The van der Waals surface area contributed by atoms with Crippen molar-refractivity contribution in [2.45, 2.75) is 30.2 Å². The first-order valence-corrected chi connectivity index (χ1v) is 12.0. The van der Waals surface area contributed by atoms with Gasteiger partial charge in [-0.15, -0.1) is 11.3 Å². The van der Waals surface area contributed by atoms with Crippen LogP contribution in [-0.4, -0.2) is 34.7 Å². The zero-order chi connectivity index (χ0) is 19.8. The lowest BCUT2D eigenvalue weighted by molar-refractivity contribution is 0.405. The molecule has 0 saturated heterocycles. The summed E-state index contributed by atoms with van der Waals surface area (Å²) in [6.07, 6.45) is 4.58. The van der Waals surface area contributed by atoms with Crippen LogP contribution >= 0.6 is 11.3 Å². The van der Waals surface area contributed by atoms with Crippen molar-refractivity contribution in [3.8, 4) is 11.3 Å². The minimum absolute atomic E-state index is 0.122. The maximum atomic E-state index is 13.1. The van der Waals surface area contributed by atoms with E-state index in [-0.39, 0.29) is 6.04 Å². The van der Waals surface area contributed by atoms with Gasteiger partial charge in [0.1, 0.15) is 0 Å². The van der Waals surface area contributed by atoms with Crippen molar-refractivity contribution < 1.29 is 8.42 Å². The molecule has 2 aromatic carbocycles. The standard InChI is InChI=1S/C22H21N3O2S2/c26-29(27,20-9-5-2-6-10-20)25(18-11-12-18)14-13-19-16-28-22-23-21(15-24(19)22)17-7-3-1-4-8-17/h1-10,15-16,18H,11-14H2. The number of hydrogen-bond donors (Lipinski definition) is 0. The van der Waals surface area contributed by atoms with Gasteiger partial charge in [-0.25, -0.2) is 13.4 Å². The van der Waals surface area contributed by atoms with Gasteiger partial charge in [0.2, 0.25) is 10.0 Å². The third kappa shape index (κ3) is 3.61. The zero-order valence-electron chi connectivity index (χ0n) is 15.8. The van der Waals surface area contributed by atoms with E-state index in [4.69, 9.17) is 4.98 Å². The molecule has 4 aromatic rings. The minimum atomic E-state index is -3.47. The molecular formula is C22H21N3O2S2. The molecular weight excluding hydrogens is 402 g/mol. The monoisotopic (exact) mass is 423 g/mol. The number of benzene rings is 2. The van der Waals surface area contributed by atoms with Crippen molar-refractivity contribution in [2.75, 3.05) is 6.54 Å². The molecule has 0 unspecified atom stereocenters. The maximum Gasteiger partial charge on any atom is 0.243 e. The number of imidazole rings is 1. The number of sulfonamides is 1. The van der Waals surface area contributed by atoms with Crippen LogP contribution in [0.3, 0.4) is 0 Å². The van der Waals surface area contributed by atoms with E-state index in [1.807, 2.05) is 42.6 Å². The Labute approximate surface area is 174 Å². The van der Waals surface area contributed by atoms with E-state index in [0.717, 1.165) is 34.8 Å². The summed E-state index contributed by atoms with van der Waals surface area (Å²) >= 11 is 1.59. The van der Waals surface area contributed by atoms with Gasteiger partial charge in [0.15, 0.2) is 4.96 Å². The largest absolute Gasteiger partial charge is 0.294 e. The van der Waals surface area contributed by atoms with Crippen LogP contribution in [0.25, 0.3) is 16.2 Å². The van der Waals surface area contributed by atoms with Crippen molar-refractivity contribution in [3.63, 3.8) is 0 Å². The Balaban J connectivity index is 1.40. The number of aromatic nitrogens is 2. The summed E-state index contributed by atoms with van der Waals surface area (Å²) in [7, 11) is -3.47. The molecule has 1 saturated carbocycles. The molecule has 0 bridgehead atoms. The number of fused-ring (bicyclic) bond motifs is 1. The third-order valence-corrected chi connectivity index (χ3v) is 8.10. The second-order valence-corrected chi connectivity index (χ2v) is 10.0. The fourth-order valence-electron chi connectivity index (χ4n) is 3.57. The van der Waals surface area contributed by atoms with Crippen LogP contribution < -0.4 is 0 Å². The Kier molecular flexibility index (Phi) is 4.73. The first-order valence-electron chi connectivity index (χ1n) is 9.71. The molecule has 0 spiro atoms. The highest BCUT2D eigenvalue weighted by atomic mass is 32.2. The number of thiazole rings is 1. The molecule has 0 aliphatic heterocycles. The second-order valence-electron chi connectivity index (χ2n) is 7.28. The molecule has 148 valence electrons. The van der Waals surface area contributed by atoms with Crippen molar-refractivity contribution in [2.24, 2.45) is 0 Å². The lowest BCUT2D eigenvalue weighted by Crippen LogP contribution is -2.35. The van der Waals surface area contributed by atoms with E-state index in [1.165, 1.54) is 0 Å². The molecule has 0 atom stereocenters. The Morgan fingerprint density at radius 2 is 1.72 bits per heavy atom. The van der Waals surface area contributed by atoms with E-state index in [9.17, 15) is 8.42 Å². The molecule has 1 aliphatic carbocycles. The smallest absolute Gasteiger partial charge is 0.243 e. The summed E-state index contributed by atoms with van der Waals surface area (Å²) in [6, 6.07) is 19.0. The average molecular weight is 424 g/mol. The fraction of sp³-hybridized carbons (Fsp3) is 0.227. The normalized spacial score (nSPS) is 14.7. The predicted octanol–water partition coefficient (Wildman–Crippen LogP) is 4.46. The Bertz CT molecular complexity index is 1230. The topological polar surface area (TPSA) is 54.7 Å². The van der Waals surface area contributed by atoms with Crippen LogP contribution in [0.15, 0.2) is 77.1 Å². The van der Waals surface area contributed by atoms with Gasteiger partial charge in [0.25, 0.3) is 0 Å². The first kappa shape index (κ1) is 18.5. The van der Waals surface area contributed by atoms with Gasteiger partial charge in [-0.3, -0.25) is 4.40 Å². The molecule has 0 radical (unpaired) electrons. The number of hydrogen-bond acceptors (Lipinski definition) is 4. The van der Waals surface area contributed by atoms with E-state index < -0.39 is 10.0 Å². The van der Waals surface area contributed by atoms with Crippen LogP contribution in [0.1, 0.15) is 18.5 Å². The van der Waals surface area contributed by atoms with Gasteiger partial charge in [-0.2, -0.15) is 4.31 Å². The molecule has 0 amide bonds. The fourth-order valence-corrected chi connectivity index (χ4v) is 6.19. The highest BCUT2D eigenvalue weighted by molar-refractivity contribution is 7.89. The van der Waals surface area contributed by atoms with Crippen LogP contribution in [0.4, 0.5) is 0 Å². The highest BCUT2D eigenvalue weighted by Gasteiger charge is 2.37. The molecule has 1 aliphatic rings. The second kappa shape index (κ2) is 7.40. The molecule has 2 heterocycles. The molecule has 0 N–H and O–H groups in total. The summed E-state index contributed by atoms with van der Waals surface area (Å²) in [5.74, 6) is 0. The molecule has 2 aromatic heterocycles. The van der Waals surface area contributed by atoms with E-state index in [0.29, 0.717) is 17.9 Å². The van der Waals surface area contributed by atoms with Gasteiger partial charge in [-0.05, 0) is 25.0 Å². The lowest BCUT2D eigenvalue weighted by Gasteiger charge is -2.21. The molecule has 29 heavy (non-hydrogen) atoms. The van der Waals surface area contributed by atoms with Crippen molar-refractivity contribution in [1.82, 2.24) is 13.7 Å². The van der Waals surface area contributed by atoms with Crippen molar-refractivity contribution in [1.29, 1.82) is 0 Å². The average Bonchev–Trinajstić information content (AvgIpc) is 3.38. The first-order chi connectivity index (χ1) is 14.1. The van der Waals surface area contributed by atoms with Gasteiger partial charge < -0.3 is 0 Å². The molecule has 5 nitrogen and oxygen atoms in total. The van der Waals surface area contributed by atoms with Gasteiger partial charge in [0.05, 0.1) is 10.6 Å². The van der Waals surface area contributed by atoms with Crippen LogP contribution in [-0.2, 0) is 16.4 Å². The summed E-state index contributed by atoms with van der Waals surface area (Å²) < 4.78 is 30.0. The minimum Gasteiger partial charge on any atom is -0.294 e. The zero-order valence-corrected chi connectivity index (χ0v) is 17.4. The summed E-state index contributed by atoms with van der Waals surface area (Å²) in [6.45, 7) is 0.479. The Morgan fingerprint density at radius 3 is 2.41 bits per heavy atom. The summed E-state index contributed by atoms with van der Waals surface area (Å²) in [5.41, 5.74) is 3.11. The van der Waals surface area contributed by atoms with Crippen LogP contribution in [0, 0.1) is 0 Å².